The molecule has 0 bridgehead atoms. The highest BCUT2D eigenvalue weighted by molar-refractivity contribution is 7.89. The van der Waals surface area contributed by atoms with Crippen LogP contribution < -0.4 is 14.3 Å². The van der Waals surface area contributed by atoms with Gasteiger partial charge < -0.3 is 18.8 Å². The number of carbonyl (C=O) groups excluding carboxylic acids is 2. The fourth-order valence-corrected chi connectivity index (χ4v) is 6.19. The Hall–Kier alpha value is -4.00. The molecule has 0 saturated heterocycles. The van der Waals surface area contributed by atoms with Crippen molar-refractivity contribution in [2.24, 2.45) is 4.99 Å². The number of rotatable bonds is 10. The zero-order valence-corrected chi connectivity index (χ0v) is 24.1. The first-order valence-corrected chi connectivity index (χ1v) is 14.5. The van der Waals surface area contributed by atoms with Gasteiger partial charge in [-0.3, -0.25) is 9.59 Å². The topological polar surface area (TPSA) is 117 Å². The molecular formula is C28H29N3O7S2. The molecule has 0 aliphatic rings. The average Bonchev–Trinajstić information content (AvgIpc) is 3.27. The maximum atomic E-state index is 13.1. The van der Waals surface area contributed by atoms with E-state index in [-0.39, 0.29) is 35.0 Å². The summed E-state index contributed by atoms with van der Waals surface area (Å²) >= 11 is 1.20. The first kappa shape index (κ1) is 29.0. The number of carbonyl (C=O) groups is 2. The third kappa shape index (κ3) is 6.24. The number of hydrogen-bond acceptors (Lipinski definition) is 8. The number of sulfonamides is 1. The Balaban J connectivity index is 1.67. The highest BCUT2D eigenvalue weighted by atomic mass is 32.2. The van der Waals surface area contributed by atoms with Crippen LogP contribution in [0.2, 0.25) is 0 Å². The van der Waals surface area contributed by atoms with E-state index in [4.69, 9.17) is 14.2 Å². The van der Waals surface area contributed by atoms with Crippen LogP contribution in [0.4, 0.5) is 0 Å². The number of fused-ring (bicyclic) bond motifs is 1. The molecule has 10 nitrogen and oxygen atoms in total. The maximum absolute atomic E-state index is 13.1. The van der Waals surface area contributed by atoms with Crippen molar-refractivity contribution in [2.75, 3.05) is 27.9 Å². The molecule has 12 heteroatoms. The number of thiazole rings is 1. The summed E-state index contributed by atoms with van der Waals surface area (Å²) in [5, 5.41) is 0. The predicted molar refractivity (Wildman–Crippen MR) is 151 cm³/mol. The van der Waals surface area contributed by atoms with Crippen LogP contribution in [0.5, 0.6) is 11.5 Å². The van der Waals surface area contributed by atoms with Crippen LogP contribution in [0.25, 0.3) is 10.2 Å². The summed E-state index contributed by atoms with van der Waals surface area (Å²) in [5.41, 5.74) is 1.67. The van der Waals surface area contributed by atoms with Gasteiger partial charge in [-0.05, 0) is 36.8 Å². The van der Waals surface area contributed by atoms with E-state index in [0.29, 0.717) is 17.0 Å². The molecule has 0 fully saturated rings. The van der Waals surface area contributed by atoms with Crippen molar-refractivity contribution in [2.45, 2.75) is 24.9 Å². The van der Waals surface area contributed by atoms with E-state index in [9.17, 15) is 18.0 Å². The second-order valence-electron chi connectivity index (χ2n) is 8.64. The third-order valence-corrected chi connectivity index (χ3v) is 8.89. The van der Waals surface area contributed by atoms with Gasteiger partial charge in [0, 0.05) is 31.3 Å². The summed E-state index contributed by atoms with van der Waals surface area (Å²) in [6.07, 6.45) is 0. The Kier molecular flexibility index (Phi) is 9.03. The molecule has 40 heavy (non-hydrogen) atoms. The maximum Gasteiger partial charge on any atom is 0.326 e. The van der Waals surface area contributed by atoms with Crippen molar-refractivity contribution in [1.82, 2.24) is 8.87 Å². The van der Waals surface area contributed by atoms with Gasteiger partial charge in [0.25, 0.3) is 5.91 Å². The monoisotopic (exact) mass is 583 g/mol. The van der Waals surface area contributed by atoms with E-state index >= 15 is 0 Å². The first-order valence-electron chi connectivity index (χ1n) is 12.3. The van der Waals surface area contributed by atoms with Gasteiger partial charge in [0.15, 0.2) is 16.3 Å². The Labute approximate surface area is 236 Å². The number of aromatic nitrogens is 1. The van der Waals surface area contributed by atoms with Gasteiger partial charge in [-0.15, -0.1) is 0 Å². The molecule has 3 aromatic carbocycles. The van der Waals surface area contributed by atoms with Gasteiger partial charge in [0.05, 0.1) is 35.9 Å². The molecule has 0 atom stereocenters. The number of benzene rings is 3. The zero-order valence-electron chi connectivity index (χ0n) is 22.5. The lowest BCUT2D eigenvalue weighted by atomic mass is 10.2. The first-order chi connectivity index (χ1) is 19.2. The molecule has 0 aliphatic heterocycles. The van der Waals surface area contributed by atoms with Gasteiger partial charge in [0.2, 0.25) is 10.0 Å². The Morgan fingerprint density at radius 2 is 1.62 bits per heavy atom. The molecule has 4 rings (SSSR count). The quantitative estimate of drug-likeness (QED) is 0.261. The number of amides is 1. The molecule has 0 aliphatic carbocycles. The minimum Gasteiger partial charge on any atom is -0.493 e. The van der Waals surface area contributed by atoms with E-state index in [0.717, 1.165) is 10.3 Å². The predicted octanol–water partition coefficient (Wildman–Crippen LogP) is 3.84. The summed E-state index contributed by atoms with van der Waals surface area (Å²) in [6, 6.07) is 18.3. The number of esters is 1. The molecule has 1 heterocycles. The highest BCUT2D eigenvalue weighted by Gasteiger charge is 2.22. The lowest BCUT2D eigenvalue weighted by molar-refractivity contribution is -0.143. The van der Waals surface area contributed by atoms with Gasteiger partial charge in [-0.25, -0.2) is 8.42 Å². The van der Waals surface area contributed by atoms with Gasteiger partial charge in [-0.2, -0.15) is 9.30 Å². The van der Waals surface area contributed by atoms with Crippen LogP contribution in [-0.4, -0.2) is 57.0 Å². The lowest BCUT2D eigenvalue weighted by Crippen LogP contribution is -2.26. The van der Waals surface area contributed by atoms with Gasteiger partial charge in [-0.1, -0.05) is 41.7 Å². The fraction of sp³-hybridized carbons (Fsp3) is 0.250. The van der Waals surface area contributed by atoms with Crippen molar-refractivity contribution < 1.29 is 32.2 Å². The summed E-state index contributed by atoms with van der Waals surface area (Å²) in [4.78, 5) is 30.1. The van der Waals surface area contributed by atoms with E-state index in [1.54, 1.807) is 23.6 Å². The summed E-state index contributed by atoms with van der Waals surface area (Å²) in [5.74, 6) is -0.131. The van der Waals surface area contributed by atoms with Crippen molar-refractivity contribution in [3.63, 3.8) is 0 Å². The van der Waals surface area contributed by atoms with Crippen molar-refractivity contribution in [3.05, 3.63) is 82.7 Å². The molecule has 0 spiro atoms. The van der Waals surface area contributed by atoms with Crippen molar-refractivity contribution >= 4 is 43.5 Å². The molecule has 0 saturated carbocycles. The summed E-state index contributed by atoms with van der Waals surface area (Å²) < 4.78 is 45.6. The molecule has 0 unspecified atom stereocenters. The average molecular weight is 584 g/mol. The minimum absolute atomic E-state index is 0.0564. The lowest BCUT2D eigenvalue weighted by Gasteiger charge is -2.17. The molecule has 4 aromatic rings. The normalized spacial score (nSPS) is 12.1. The smallest absolute Gasteiger partial charge is 0.326 e. The van der Waals surface area contributed by atoms with Crippen molar-refractivity contribution in [1.29, 1.82) is 0 Å². The minimum atomic E-state index is -3.78. The van der Waals surface area contributed by atoms with Crippen LogP contribution in [0, 0.1) is 0 Å². The fourth-order valence-electron chi connectivity index (χ4n) is 4.00. The van der Waals surface area contributed by atoms with Crippen molar-refractivity contribution in [3.8, 4) is 11.5 Å². The Morgan fingerprint density at radius 1 is 0.975 bits per heavy atom. The summed E-state index contributed by atoms with van der Waals surface area (Å²) in [7, 11) is 0.744. The third-order valence-electron chi connectivity index (χ3n) is 6.04. The van der Waals surface area contributed by atoms with Crippen LogP contribution in [0.3, 0.4) is 0 Å². The number of nitrogens with zero attached hydrogens (tertiary/aromatic N) is 3. The zero-order chi connectivity index (χ0) is 28.9. The largest absolute Gasteiger partial charge is 0.493 e. The van der Waals surface area contributed by atoms with E-state index in [1.807, 2.05) is 30.3 Å². The molecule has 1 amide bonds. The number of hydrogen-bond donors (Lipinski definition) is 0. The second kappa shape index (κ2) is 12.5. The van der Waals surface area contributed by atoms with E-state index in [1.165, 1.54) is 61.2 Å². The molecule has 1 aromatic heterocycles. The SMILES string of the molecule is CCOC(=O)Cn1c(=NC(=O)c2ccc(S(=O)(=O)N(C)Cc3ccccc3)cc2)sc2cc(OC)c(OC)cc21. The molecule has 210 valence electrons. The standard InChI is InChI=1S/C28H29N3O7S2/c1-5-38-26(32)18-31-22-15-23(36-3)24(37-4)16-25(22)39-28(31)29-27(33)20-11-13-21(14-12-20)40(34,35)30(2)17-19-9-7-6-8-10-19/h6-16H,5,17-18H2,1-4H3. The Bertz CT molecular complexity index is 1690. The van der Waals surface area contributed by atoms with E-state index < -0.39 is 21.9 Å². The van der Waals surface area contributed by atoms with Gasteiger partial charge in [0.1, 0.15) is 6.54 Å². The van der Waals surface area contributed by atoms with Crippen LogP contribution in [0.1, 0.15) is 22.8 Å². The highest BCUT2D eigenvalue weighted by Crippen LogP contribution is 2.33. The number of ether oxygens (including phenoxy) is 3. The van der Waals surface area contributed by atoms with Gasteiger partial charge >= 0.3 is 5.97 Å². The molecular weight excluding hydrogens is 554 g/mol. The van der Waals surface area contributed by atoms with Crippen LogP contribution in [0.15, 0.2) is 76.6 Å². The molecule has 0 radical (unpaired) electrons. The second-order valence-corrected chi connectivity index (χ2v) is 11.7. The van der Waals surface area contributed by atoms with E-state index in [2.05, 4.69) is 4.99 Å². The summed E-state index contributed by atoms with van der Waals surface area (Å²) in [6.45, 7) is 1.96. The van der Waals surface area contributed by atoms with Crippen LogP contribution in [-0.2, 0) is 32.6 Å². The number of methoxy groups -OCH3 is 2. The molecule has 0 N–H and O–H groups in total. The Morgan fingerprint density at radius 3 is 2.25 bits per heavy atom. The van der Waals surface area contributed by atoms with Crippen LogP contribution >= 0.6 is 11.3 Å².